The van der Waals surface area contributed by atoms with Gasteiger partial charge in [-0.3, -0.25) is 0 Å². The molecule has 1 aliphatic heterocycles. The van der Waals surface area contributed by atoms with Crippen LogP contribution < -0.4 is 15.9 Å². The summed E-state index contributed by atoms with van der Waals surface area (Å²) in [6, 6.07) is 3.67. The summed E-state index contributed by atoms with van der Waals surface area (Å²) in [4.78, 5) is 0. The molecule has 0 spiro atoms. The molecule has 1 aromatic rings. The minimum atomic E-state index is -1.01. The quantitative estimate of drug-likeness (QED) is 0.590. The van der Waals surface area contributed by atoms with Crippen molar-refractivity contribution in [2.24, 2.45) is 5.73 Å². The molecule has 1 aliphatic rings. The van der Waals surface area contributed by atoms with Gasteiger partial charge in [-0.15, -0.1) is 0 Å². The third-order valence-electron chi connectivity index (χ3n) is 2.89. The highest BCUT2D eigenvalue weighted by atomic mass is 16.5. The van der Waals surface area contributed by atoms with Gasteiger partial charge in [0.05, 0.1) is 12.7 Å². The molecular weight excluding hydrogens is 221 g/mol. The summed E-state index contributed by atoms with van der Waals surface area (Å²) in [5.74, 6) is 0.545. The molecule has 0 fully saturated rings. The van der Waals surface area contributed by atoms with E-state index in [4.69, 9.17) is 20.2 Å². The van der Waals surface area contributed by atoms with Crippen LogP contribution in [0, 0.1) is 6.92 Å². The lowest BCUT2D eigenvalue weighted by Gasteiger charge is -2.13. The van der Waals surface area contributed by atoms with Gasteiger partial charge in [-0.1, -0.05) is 6.07 Å². The third kappa shape index (κ3) is 2.17. The molecule has 17 heavy (non-hydrogen) atoms. The summed E-state index contributed by atoms with van der Waals surface area (Å²) in [5.41, 5.74) is 8.16. The molecule has 2 rings (SSSR count). The van der Waals surface area contributed by atoms with E-state index in [9.17, 15) is 5.02 Å². The van der Waals surface area contributed by atoms with Crippen LogP contribution in [0.3, 0.4) is 0 Å². The smallest absolute Gasteiger partial charge is 0.492 e. The SMILES string of the molecule is Cc1ccc(OCCO)c2c1[C@@H](CN)OB2O. The maximum atomic E-state index is 9.87. The van der Waals surface area contributed by atoms with Crippen LogP contribution in [0.2, 0.25) is 0 Å². The molecular formula is C11H16BNO4. The van der Waals surface area contributed by atoms with Crippen LogP contribution >= 0.6 is 0 Å². The molecule has 1 heterocycles. The van der Waals surface area contributed by atoms with E-state index < -0.39 is 7.12 Å². The Morgan fingerprint density at radius 2 is 2.29 bits per heavy atom. The zero-order valence-corrected chi connectivity index (χ0v) is 9.72. The molecule has 0 saturated carbocycles. The second-order valence-corrected chi connectivity index (χ2v) is 3.99. The Labute approximate surface area is 100 Å². The predicted molar refractivity (Wildman–Crippen MR) is 64.2 cm³/mol. The van der Waals surface area contributed by atoms with Gasteiger partial charge in [0.1, 0.15) is 12.4 Å². The molecule has 0 radical (unpaired) electrons. The number of hydrogen-bond acceptors (Lipinski definition) is 5. The van der Waals surface area contributed by atoms with E-state index >= 15 is 0 Å². The van der Waals surface area contributed by atoms with Gasteiger partial charge in [0.2, 0.25) is 0 Å². The minimum Gasteiger partial charge on any atom is -0.492 e. The zero-order valence-electron chi connectivity index (χ0n) is 9.72. The zero-order chi connectivity index (χ0) is 12.4. The first-order valence-corrected chi connectivity index (χ1v) is 5.59. The topological polar surface area (TPSA) is 84.9 Å². The van der Waals surface area contributed by atoms with Crippen LogP contribution in [0.25, 0.3) is 0 Å². The summed E-state index contributed by atoms with van der Waals surface area (Å²) in [6.07, 6.45) is -0.294. The monoisotopic (exact) mass is 237 g/mol. The number of rotatable bonds is 4. The summed E-state index contributed by atoms with van der Waals surface area (Å²) in [7, 11) is -1.01. The highest BCUT2D eigenvalue weighted by Crippen LogP contribution is 2.29. The van der Waals surface area contributed by atoms with Crippen LogP contribution in [0.15, 0.2) is 12.1 Å². The summed E-state index contributed by atoms with van der Waals surface area (Å²) in [5, 5.41) is 18.6. The van der Waals surface area contributed by atoms with Gasteiger partial charge in [0, 0.05) is 12.0 Å². The lowest BCUT2D eigenvalue weighted by Crippen LogP contribution is -2.30. The second kappa shape index (κ2) is 5.06. The Balaban J connectivity index is 2.42. The first-order valence-electron chi connectivity index (χ1n) is 5.59. The number of aliphatic hydroxyl groups is 1. The summed E-state index contributed by atoms with van der Waals surface area (Å²) in [6.45, 7) is 2.38. The molecule has 0 aromatic heterocycles. The van der Waals surface area contributed by atoms with Crippen molar-refractivity contribution < 1.29 is 19.5 Å². The second-order valence-electron chi connectivity index (χ2n) is 3.99. The van der Waals surface area contributed by atoms with Crippen molar-refractivity contribution in [1.29, 1.82) is 0 Å². The fourth-order valence-corrected chi connectivity index (χ4v) is 2.15. The Morgan fingerprint density at radius 3 is 2.94 bits per heavy atom. The fraction of sp³-hybridized carbons (Fsp3) is 0.455. The lowest BCUT2D eigenvalue weighted by atomic mass is 9.77. The molecule has 0 saturated heterocycles. The molecule has 4 N–H and O–H groups in total. The van der Waals surface area contributed by atoms with Crippen LogP contribution in [-0.4, -0.2) is 37.0 Å². The number of hydrogen-bond donors (Lipinski definition) is 3. The summed E-state index contributed by atoms with van der Waals surface area (Å²) < 4.78 is 10.8. The van der Waals surface area contributed by atoms with E-state index in [-0.39, 0.29) is 19.3 Å². The first-order chi connectivity index (χ1) is 8.19. The Morgan fingerprint density at radius 1 is 1.53 bits per heavy atom. The number of aryl methyl sites for hydroxylation is 1. The van der Waals surface area contributed by atoms with E-state index in [1.54, 1.807) is 6.07 Å². The Hall–Kier alpha value is -1.08. The molecule has 92 valence electrons. The van der Waals surface area contributed by atoms with Gasteiger partial charge < -0.3 is 25.3 Å². The normalized spacial score (nSPS) is 18.4. The minimum absolute atomic E-state index is 0.0695. The van der Waals surface area contributed by atoms with E-state index in [1.807, 2.05) is 13.0 Å². The average Bonchev–Trinajstić information content (AvgIpc) is 2.67. The Kier molecular flexibility index (Phi) is 3.68. The maximum Gasteiger partial charge on any atom is 0.495 e. The van der Waals surface area contributed by atoms with E-state index in [0.717, 1.165) is 11.1 Å². The average molecular weight is 237 g/mol. The molecule has 1 aromatic carbocycles. The number of ether oxygens (including phenoxy) is 1. The van der Waals surface area contributed by atoms with E-state index in [1.165, 1.54) is 0 Å². The molecule has 1 atom stereocenters. The van der Waals surface area contributed by atoms with Crippen molar-refractivity contribution in [2.75, 3.05) is 19.8 Å². The molecule has 0 bridgehead atoms. The van der Waals surface area contributed by atoms with Crippen molar-refractivity contribution in [3.63, 3.8) is 0 Å². The maximum absolute atomic E-state index is 9.87. The van der Waals surface area contributed by atoms with Crippen LogP contribution in [0.4, 0.5) is 0 Å². The molecule has 0 aliphatic carbocycles. The van der Waals surface area contributed by atoms with Gasteiger partial charge in [-0.05, 0) is 24.1 Å². The number of fused-ring (bicyclic) bond motifs is 1. The molecule has 6 heteroatoms. The van der Waals surface area contributed by atoms with Crippen molar-refractivity contribution in [3.8, 4) is 5.75 Å². The number of aliphatic hydroxyl groups excluding tert-OH is 1. The van der Waals surface area contributed by atoms with Gasteiger partial charge in [-0.25, -0.2) is 0 Å². The highest BCUT2D eigenvalue weighted by Gasteiger charge is 2.38. The molecule has 5 nitrogen and oxygen atoms in total. The molecule has 0 amide bonds. The van der Waals surface area contributed by atoms with E-state index in [0.29, 0.717) is 17.8 Å². The van der Waals surface area contributed by atoms with Crippen LogP contribution in [0.5, 0.6) is 5.75 Å². The van der Waals surface area contributed by atoms with Gasteiger partial charge in [-0.2, -0.15) is 0 Å². The molecule has 0 unspecified atom stereocenters. The third-order valence-corrected chi connectivity index (χ3v) is 2.89. The van der Waals surface area contributed by atoms with Crippen molar-refractivity contribution in [1.82, 2.24) is 0 Å². The predicted octanol–water partition coefficient (Wildman–Crippen LogP) is -0.916. The lowest BCUT2D eigenvalue weighted by molar-refractivity contribution is 0.196. The van der Waals surface area contributed by atoms with Gasteiger partial charge in [0.25, 0.3) is 0 Å². The number of benzene rings is 1. The Bertz CT molecular complexity index is 413. The summed E-state index contributed by atoms with van der Waals surface area (Å²) >= 11 is 0. The van der Waals surface area contributed by atoms with Crippen LogP contribution in [-0.2, 0) is 4.65 Å². The highest BCUT2D eigenvalue weighted by molar-refractivity contribution is 6.63. The van der Waals surface area contributed by atoms with Gasteiger partial charge in [0.15, 0.2) is 0 Å². The standard InChI is InChI=1S/C11H16BNO4/c1-7-2-3-8(16-5-4-14)11-10(7)9(6-13)17-12(11)15/h2-3,9,14-15H,4-6,13H2,1H3/t9-/m1/s1. The number of nitrogens with two attached hydrogens (primary N) is 1. The van der Waals surface area contributed by atoms with Crippen LogP contribution in [0.1, 0.15) is 17.2 Å². The first kappa shape index (κ1) is 12.4. The van der Waals surface area contributed by atoms with E-state index in [2.05, 4.69) is 0 Å². The largest absolute Gasteiger partial charge is 0.495 e. The van der Waals surface area contributed by atoms with Crippen molar-refractivity contribution >= 4 is 12.6 Å². The van der Waals surface area contributed by atoms with Crippen molar-refractivity contribution in [2.45, 2.75) is 13.0 Å². The fourth-order valence-electron chi connectivity index (χ4n) is 2.15. The van der Waals surface area contributed by atoms with Crippen molar-refractivity contribution in [3.05, 3.63) is 23.3 Å². The van der Waals surface area contributed by atoms with Gasteiger partial charge >= 0.3 is 7.12 Å².